The number of H-pyrrole nitrogens is 1. The van der Waals surface area contributed by atoms with Crippen LogP contribution in [0.2, 0.25) is 0 Å². The van der Waals surface area contributed by atoms with E-state index in [1.54, 1.807) is 13.8 Å². The molecule has 0 spiro atoms. The van der Waals surface area contributed by atoms with Gasteiger partial charge in [0, 0.05) is 44.0 Å². The van der Waals surface area contributed by atoms with Crippen LogP contribution in [0, 0.1) is 11.8 Å². The van der Waals surface area contributed by atoms with Gasteiger partial charge in [-0.3, -0.25) is 52.9 Å². The Kier molecular flexibility index (Phi) is 27.4. The monoisotopic (exact) mass is 1100 g/mol. The molecule has 2 aliphatic rings. The molecule has 3 rings (SSSR count). The molecule has 19 N–H and O–H groups in total. The van der Waals surface area contributed by atoms with Crippen molar-refractivity contribution in [3.63, 3.8) is 0 Å². The highest BCUT2D eigenvalue weighted by molar-refractivity contribution is 5.98. The van der Waals surface area contributed by atoms with E-state index in [-0.39, 0.29) is 56.8 Å². The van der Waals surface area contributed by atoms with Crippen molar-refractivity contribution in [1.29, 1.82) is 0 Å². The van der Waals surface area contributed by atoms with E-state index in [1.807, 2.05) is 0 Å². The molecule has 438 valence electrons. The number of aliphatic hydroxyl groups excluding tert-OH is 2. The van der Waals surface area contributed by atoms with Crippen LogP contribution in [0.25, 0.3) is 0 Å². The van der Waals surface area contributed by atoms with Crippen LogP contribution in [-0.2, 0) is 54.4 Å². The summed E-state index contributed by atoms with van der Waals surface area (Å²) in [7, 11) is 0. The van der Waals surface area contributed by atoms with Crippen molar-refractivity contribution in [2.75, 3.05) is 39.3 Å². The summed E-state index contributed by atoms with van der Waals surface area (Å²) in [6.45, 7) is 5.32. The normalized spacial score (nSPS) is 17.3. The quantitative estimate of drug-likeness (QED) is 0.0175. The molecule has 29 heteroatoms. The number of hydrogen-bond acceptors (Lipinski definition) is 16. The number of imidazole rings is 1. The van der Waals surface area contributed by atoms with Crippen LogP contribution in [0.1, 0.15) is 111 Å². The van der Waals surface area contributed by atoms with E-state index < -0.39 is 139 Å². The molecule has 2 fully saturated rings. The summed E-state index contributed by atoms with van der Waals surface area (Å²) >= 11 is 0. The smallest absolute Gasteiger partial charge is 0.323 e. The second-order valence-corrected chi connectivity index (χ2v) is 20.2. The third-order valence-electron chi connectivity index (χ3n) is 13.6. The van der Waals surface area contributed by atoms with Gasteiger partial charge < -0.3 is 90.3 Å². The molecule has 1 heterocycles. The summed E-state index contributed by atoms with van der Waals surface area (Å²) in [6.07, 6.45) is 6.10. The lowest BCUT2D eigenvalue weighted by Crippen LogP contribution is -2.62. The molecule has 2 saturated carbocycles. The number of nitrogens with two attached hydrogens (primary N) is 4. The largest absolute Gasteiger partial charge is 0.480 e. The Balaban J connectivity index is 1.73. The molecular formula is C49H84N16O13. The molecule has 1 unspecified atom stereocenters. The number of aromatic amines is 1. The number of aliphatic imine (C=N–C) groups is 1. The van der Waals surface area contributed by atoms with Crippen molar-refractivity contribution >= 4 is 65.1 Å². The first kappa shape index (κ1) is 65.3. The van der Waals surface area contributed by atoms with Gasteiger partial charge in [-0.2, -0.15) is 0 Å². The van der Waals surface area contributed by atoms with Gasteiger partial charge in [-0.1, -0.05) is 52.4 Å². The highest BCUT2D eigenvalue weighted by Gasteiger charge is 2.40. The van der Waals surface area contributed by atoms with Gasteiger partial charge in [0.25, 0.3) is 0 Å². The first-order valence-electron chi connectivity index (χ1n) is 26.6. The number of rotatable bonds is 34. The van der Waals surface area contributed by atoms with Crippen molar-refractivity contribution in [3.8, 4) is 0 Å². The number of guanidine groups is 1. The molecular weight excluding hydrogens is 1020 g/mol. The summed E-state index contributed by atoms with van der Waals surface area (Å²) in [5.41, 5.74) is 22.8. The summed E-state index contributed by atoms with van der Waals surface area (Å²) in [6, 6.07) is -9.75. The van der Waals surface area contributed by atoms with Crippen LogP contribution in [0.15, 0.2) is 17.5 Å². The van der Waals surface area contributed by atoms with Crippen LogP contribution >= 0.6 is 0 Å². The summed E-state index contributed by atoms with van der Waals surface area (Å²) in [5.74, 6) is -9.15. The third-order valence-corrected chi connectivity index (χ3v) is 13.6. The Bertz CT molecular complexity index is 2200. The molecule has 78 heavy (non-hydrogen) atoms. The second-order valence-electron chi connectivity index (χ2n) is 20.2. The number of nitrogens with zero attached hydrogens (tertiary/aromatic N) is 4. The predicted molar refractivity (Wildman–Crippen MR) is 282 cm³/mol. The van der Waals surface area contributed by atoms with Gasteiger partial charge in [0.1, 0.15) is 42.8 Å². The van der Waals surface area contributed by atoms with E-state index in [1.165, 1.54) is 31.3 Å². The fourth-order valence-corrected chi connectivity index (χ4v) is 8.73. The molecule has 1 aromatic heterocycles. The van der Waals surface area contributed by atoms with Gasteiger partial charge >= 0.3 is 5.97 Å². The molecule has 2 aliphatic carbocycles. The van der Waals surface area contributed by atoms with E-state index in [0.717, 1.165) is 43.9 Å². The fourth-order valence-electron chi connectivity index (χ4n) is 8.73. The molecule has 9 amide bonds. The van der Waals surface area contributed by atoms with Crippen LogP contribution in [-0.4, -0.2) is 200 Å². The van der Waals surface area contributed by atoms with Gasteiger partial charge in [0.2, 0.25) is 53.2 Å². The summed E-state index contributed by atoms with van der Waals surface area (Å²) < 4.78 is 0. The Labute approximate surface area is 453 Å². The van der Waals surface area contributed by atoms with E-state index in [0.29, 0.717) is 31.4 Å². The highest BCUT2D eigenvalue weighted by Crippen LogP contribution is 2.29. The van der Waals surface area contributed by atoms with Crippen molar-refractivity contribution < 1.29 is 63.3 Å². The average Bonchev–Trinajstić information content (AvgIpc) is 4.11. The minimum Gasteiger partial charge on any atom is -0.480 e. The van der Waals surface area contributed by atoms with Crippen molar-refractivity contribution in [2.45, 2.75) is 172 Å². The zero-order valence-electron chi connectivity index (χ0n) is 45.3. The molecule has 0 aliphatic heterocycles. The molecule has 10 atom stereocenters. The van der Waals surface area contributed by atoms with Crippen molar-refractivity contribution in [1.82, 2.24) is 57.0 Å². The maximum absolute atomic E-state index is 14.3. The van der Waals surface area contributed by atoms with Gasteiger partial charge in [-0.25, -0.2) is 4.98 Å². The molecule has 0 radical (unpaired) electrons. The average molecular weight is 1110 g/mol. The number of carboxylic acid groups (broad SMARTS) is 1. The first-order valence-corrected chi connectivity index (χ1v) is 26.6. The topological polar surface area (TPSA) is 467 Å². The number of amides is 9. The Hall–Kier alpha value is -6.98. The maximum Gasteiger partial charge on any atom is 0.323 e. The number of carbonyl (C=O) groups is 10. The fraction of sp³-hybridized carbons (Fsp3) is 0.714. The molecule has 1 aromatic rings. The predicted octanol–water partition coefficient (Wildman–Crippen LogP) is -4.98. The van der Waals surface area contributed by atoms with Gasteiger partial charge in [0.05, 0.1) is 37.7 Å². The lowest BCUT2D eigenvalue weighted by molar-refractivity contribution is -0.147. The number of carbonyl (C=O) groups excluding carboxylic acids is 9. The number of aliphatic carboxylic acids is 1. The highest BCUT2D eigenvalue weighted by atomic mass is 16.4. The zero-order valence-corrected chi connectivity index (χ0v) is 45.3. The first-order chi connectivity index (χ1) is 36.9. The minimum atomic E-state index is -1.81. The van der Waals surface area contributed by atoms with Gasteiger partial charge in [0.15, 0.2) is 5.96 Å². The molecule has 29 nitrogen and oxygen atoms in total. The molecule has 0 aromatic carbocycles. The number of nitrogens with one attached hydrogen (secondary N) is 8. The summed E-state index contributed by atoms with van der Waals surface area (Å²) in [5, 5.41) is 48.5. The van der Waals surface area contributed by atoms with E-state index in [9.17, 15) is 63.3 Å². The van der Waals surface area contributed by atoms with Gasteiger partial charge in [-0.05, 0) is 64.7 Å². The van der Waals surface area contributed by atoms with Crippen LogP contribution in [0.3, 0.4) is 0 Å². The lowest BCUT2D eigenvalue weighted by Gasteiger charge is -2.31. The molecule has 0 bridgehead atoms. The van der Waals surface area contributed by atoms with Crippen molar-refractivity contribution in [3.05, 3.63) is 18.2 Å². The number of aromatic nitrogens is 2. The minimum absolute atomic E-state index is 0.0261. The van der Waals surface area contributed by atoms with Crippen molar-refractivity contribution in [2.24, 2.45) is 39.8 Å². The Morgan fingerprint density at radius 3 is 1.95 bits per heavy atom. The second kappa shape index (κ2) is 32.7. The molecule has 0 saturated heterocycles. The van der Waals surface area contributed by atoms with Crippen LogP contribution < -0.4 is 60.2 Å². The lowest BCUT2D eigenvalue weighted by atomic mass is 9.84. The Morgan fingerprint density at radius 1 is 0.769 bits per heavy atom. The zero-order chi connectivity index (χ0) is 58.2. The van der Waals surface area contributed by atoms with Crippen LogP contribution in [0.5, 0.6) is 0 Å². The van der Waals surface area contributed by atoms with Gasteiger partial charge in [-0.15, -0.1) is 0 Å². The Morgan fingerprint density at radius 2 is 1.38 bits per heavy atom. The van der Waals surface area contributed by atoms with E-state index >= 15 is 0 Å². The standard InChI is InChI=1S/C49H84N16O13/c1-6-26(2)39(48(78)65(24-38(70)71)32-14-15-32)61-36(68)23-64(18-16-50)37(69)22-56-46(76)40(28(4)66)63-47(77)41(29(5)67)62-45(75)35(20-31-21-54-25-57-31)60-44(74)34(19-30-11-8-7-9-12-30)59-42(72)27(3)58-43(73)33(51)13-10-17-55-49(52)53/h21,25-30,32-35,39-41,66-67H,6-20,22-24,50-51H2,1-5H3,(H,54,57)(H,56,76)(H,58,73)(H,59,72)(H,60,74)(H,61,68)(H,62,75)(H,63,77)(H,70,71)(H4,52,53,55)/t26?,27-,28+,29+,33-,34-,35-,39-,40-,41-/m0/s1. The number of hydrogen-bond donors (Lipinski definition) is 15. The van der Waals surface area contributed by atoms with E-state index in [2.05, 4.69) is 52.2 Å². The summed E-state index contributed by atoms with van der Waals surface area (Å²) in [4.78, 5) is 147. The number of aliphatic hydroxyl groups is 2. The van der Waals surface area contributed by atoms with E-state index in [4.69, 9.17) is 22.9 Å². The third kappa shape index (κ3) is 22.2. The maximum atomic E-state index is 14.3. The SMILES string of the molecule is CCC(C)[C@H](NC(=O)CN(CCN)C(=O)CNC(=O)[C@@H](NC(=O)[C@@H](NC(=O)[C@H](Cc1cnc[nH]1)NC(=O)[C@H](CC1CCCCC1)NC(=O)[C@H](C)NC(=O)[C@@H](N)CCCN=C(N)N)[C@@H](C)O)[C@@H](C)O)C(=O)N(CC(=O)O)C1CC1. The van der Waals surface area contributed by atoms with Crippen LogP contribution in [0.4, 0.5) is 0 Å². The number of carboxylic acids is 1.